The third kappa shape index (κ3) is 6.02. The lowest BCUT2D eigenvalue weighted by molar-refractivity contribution is -0.128. The first-order valence-electron chi connectivity index (χ1n) is 15.2. The third-order valence-electron chi connectivity index (χ3n) is 8.83. The van der Waals surface area contributed by atoms with Crippen molar-refractivity contribution < 1.29 is 18.3 Å². The van der Waals surface area contributed by atoms with E-state index in [4.69, 9.17) is 9.72 Å². The largest absolute Gasteiger partial charge is 0.462 e. The van der Waals surface area contributed by atoms with Crippen LogP contribution in [0.15, 0.2) is 54.7 Å². The molecule has 4 heterocycles. The zero-order valence-corrected chi connectivity index (χ0v) is 25.4. The summed E-state index contributed by atoms with van der Waals surface area (Å²) in [7, 11) is 2.05. The van der Waals surface area contributed by atoms with Crippen LogP contribution < -0.4 is 9.64 Å². The molecule has 2 fully saturated rings. The first-order chi connectivity index (χ1) is 21.9. The molecule has 6 rings (SSSR count). The number of rotatable bonds is 8. The molecule has 2 aromatic heterocycles. The average molecular weight is 612 g/mol. The van der Waals surface area contributed by atoms with Crippen molar-refractivity contribution in [2.75, 3.05) is 51.4 Å². The van der Waals surface area contributed by atoms with Gasteiger partial charge in [0.05, 0.1) is 23.9 Å². The summed E-state index contributed by atoms with van der Waals surface area (Å²) in [4.78, 5) is 32.4. The number of hydrogen-bond donors (Lipinski definition) is 0. The summed E-state index contributed by atoms with van der Waals surface area (Å²) in [5.74, 6) is -0.503. The summed E-state index contributed by atoms with van der Waals surface area (Å²) < 4.78 is 35.5. The minimum absolute atomic E-state index is 0.0594. The number of nitriles is 1. The second kappa shape index (κ2) is 13.1. The lowest BCUT2D eigenvalue weighted by Gasteiger charge is -2.41. The highest BCUT2D eigenvalue weighted by atomic mass is 19.1. The summed E-state index contributed by atoms with van der Waals surface area (Å²) in [6.07, 6.45) is 6.08. The summed E-state index contributed by atoms with van der Waals surface area (Å²) in [5.41, 5.74) is 1.95. The summed E-state index contributed by atoms with van der Waals surface area (Å²) in [6.45, 7) is 3.50. The van der Waals surface area contributed by atoms with E-state index in [2.05, 4.69) is 28.0 Å². The Labute approximate surface area is 260 Å². The number of carbonyl (C=O) groups is 1. The lowest BCUT2D eigenvalue weighted by atomic mass is 9.97. The number of amides is 1. The van der Waals surface area contributed by atoms with E-state index < -0.39 is 18.5 Å². The van der Waals surface area contributed by atoms with Crippen molar-refractivity contribution >= 4 is 33.4 Å². The molecule has 0 radical (unpaired) electrons. The normalized spacial score (nSPS) is 19.1. The van der Waals surface area contributed by atoms with Crippen LogP contribution in [0.1, 0.15) is 24.8 Å². The maximum atomic E-state index is 16.7. The second-order valence-corrected chi connectivity index (χ2v) is 11.6. The molecule has 232 valence electrons. The van der Waals surface area contributed by atoms with E-state index in [1.165, 1.54) is 6.08 Å². The minimum atomic E-state index is -0.750. The van der Waals surface area contributed by atoms with Gasteiger partial charge < -0.3 is 19.4 Å². The van der Waals surface area contributed by atoms with Crippen molar-refractivity contribution in [1.82, 2.24) is 24.8 Å². The van der Waals surface area contributed by atoms with Gasteiger partial charge in [-0.1, -0.05) is 36.4 Å². The predicted octanol–water partition coefficient (Wildman–Crippen LogP) is 5.22. The highest BCUT2D eigenvalue weighted by molar-refractivity contribution is 6.00. The average Bonchev–Trinajstić information content (AvgIpc) is 3.47. The molecule has 0 saturated carbocycles. The van der Waals surface area contributed by atoms with Crippen LogP contribution in [0.2, 0.25) is 0 Å². The number of piperazine rings is 1. The van der Waals surface area contributed by atoms with Crippen LogP contribution in [0.3, 0.4) is 0 Å². The number of allylic oxidation sites excluding steroid dienone is 1. The molecule has 2 atom stereocenters. The van der Waals surface area contributed by atoms with Crippen LogP contribution in [0.5, 0.6) is 6.01 Å². The number of alkyl halides is 1. The number of nitrogens with zero attached hydrogens (tertiary/aromatic N) is 7. The van der Waals surface area contributed by atoms with Crippen LogP contribution in [0, 0.1) is 24.1 Å². The van der Waals surface area contributed by atoms with Gasteiger partial charge in [0.25, 0.3) is 0 Å². The van der Waals surface area contributed by atoms with Gasteiger partial charge in [0.2, 0.25) is 5.91 Å². The van der Waals surface area contributed by atoms with Crippen molar-refractivity contribution in [3.63, 3.8) is 0 Å². The molecule has 0 N–H and O–H groups in total. The maximum Gasteiger partial charge on any atom is 0.319 e. The highest BCUT2D eigenvalue weighted by Crippen LogP contribution is 2.36. The van der Waals surface area contributed by atoms with E-state index in [0.717, 1.165) is 41.8 Å². The molecule has 9 nitrogen and oxygen atoms in total. The number of carbonyl (C=O) groups excluding carboxylic acids is 1. The SMILES string of the molecule is Cc1cccc2cccc(-c3ncc4c(N5CCN(C(=O)/C=C/CF)[C@@H](CC#N)C5)nc(OC[C@@H]5CCCN5C)nc4c3F)c12. The topological polar surface area (TPSA) is 98.5 Å². The quantitative estimate of drug-likeness (QED) is 0.250. The molecule has 1 amide bonds. The van der Waals surface area contributed by atoms with E-state index in [9.17, 15) is 14.4 Å². The number of benzene rings is 2. The molecule has 45 heavy (non-hydrogen) atoms. The first kappa shape index (κ1) is 30.3. The fraction of sp³-hybridized carbons (Fsp3) is 0.382. The van der Waals surface area contributed by atoms with E-state index >= 15 is 4.39 Å². The van der Waals surface area contributed by atoms with E-state index in [0.29, 0.717) is 29.9 Å². The van der Waals surface area contributed by atoms with E-state index in [1.54, 1.807) is 11.1 Å². The van der Waals surface area contributed by atoms with Crippen LogP contribution in [0.25, 0.3) is 32.9 Å². The highest BCUT2D eigenvalue weighted by Gasteiger charge is 2.32. The summed E-state index contributed by atoms with van der Waals surface area (Å²) in [6, 6.07) is 13.6. The summed E-state index contributed by atoms with van der Waals surface area (Å²) >= 11 is 0. The van der Waals surface area contributed by atoms with Gasteiger partial charge in [-0.2, -0.15) is 15.2 Å². The number of aromatic nitrogens is 3. The molecule has 2 aliphatic rings. The van der Waals surface area contributed by atoms with Crippen molar-refractivity contribution in [3.8, 4) is 23.3 Å². The molecular formula is C34H35F2N7O2. The number of halogens is 2. The molecular weight excluding hydrogens is 576 g/mol. The molecule has 2 aliphatic heterocycles. The van der Waals surface area contributed by atoms with Crippen LogP contribution >= 0.6 is 0 Å². The third-order valence-corrected chi connectivity index (χ3v) is 8.83. The molecule has 0 aliphatic carbocycles. The Kier molecular flexibility index (Phi) is 8.85. The smallest absolute Gasteiger partial charge is 0.319 e. The Morgan fingerprint density at radius 1 is 1.16 bits per heavy atom. The Balaban J connectivity index is 1.43. The predicted molar refractivity (Wildman–Crippen MR) is 169 cm³/mol. The summed E-state index contributed by atoms with van der Waals surface area (Å²) in [5, 5.41) is 11.9. The Morgan fingerprint density at radius 3 is 2.73 bits per heavy atom. The van der Waals surface area contributed by atoms with Gasteiger partial charge in [-0.05, 0) is 55.8 Å². The van der Waals surface area contributed by atoms with Crippen LogP contribution in [0.4, 0.5) is 14.6 Å². The maximum absolute atomic E-state index is 16.7. The number of ether oxygens (including phenoxy) is 1. The fourth-order valence-corrected chi connectivity index (χ4v) is 6.46. The fourth-order valence-electron chi connectivity index (χ4n) is 6.46. The molecule has 0 bridgehead atoms. The van der Waals surface area contributed by atoms with Gasteiger partial charge in [-0.15, -0.1) is 0 Å². The standard InChI is InChI=1S/C34H35F2N7O2/c1-22-7-3-8-23-9-4-11-26(29(22)23)31-30(36)32-27(19-38-31)33(40-34(39-32)45-21-25-10-6-16-41(25)2)42-17-18-43(24(20-42)13-15-37)28(44)12-5-14-35/h3-5,7-9,11-12,19,24-25H,6,10,13-14,16-18,20-21H2,1-2H3/b12-5+/t24-,25-/m0/s1. The monoisotopic (exact) mass is 611 g/mol. The minimum Gasteiger partial charge on any atom is -0.462 e. The van der Waals surface area contributed by atoms with Gasteiger partial charge in [-0.25, -0.2) is 8.78 Å². The number of aryl methyl sites for hydroxylation is 1. The van der Waals surface area contributed by atoms with Crippen LogP contribution in [-0.4, -0.2) is 89.3 Å². The van der Waals surface area contributed by atoms with Crippen LogP contribution in [-0.2, 0) is 4.79 Å². The number of likely N-dealkylation sites (N-methyl/N-ethyl adjacent to an activating group) is 1. The zero-order valence-electron chi connectivity index (χ0n) is 25.4. The Morgan fingerprint density at radius 2 is 1.98 bits per heavy atom. The van der Waals surface area contributed by atoms with Gasteiger partial charge >= 0.3 is 6.01 Å². The first-order valence-corrected chi connectivity index (χ1v) is 15.2. The van der Waals surface area contributed by atoms with Gasteiger partial charge in [-0.3, -0.25) is 9.78 Å². The van der Waals surface area contributed by atoms with Crippen molar-refractivity contribution in [2.24, 2.45) is 0 Å². The number of likely N-dealkylation sites (tertiary alicyclic amines) is 1. The molecule has 2 aromatic carbocycles. The Bertz CT molecular complexity index is 1800. The second-order valence-electron chi connectivity index (χ2n) is 11.6. The zero-order chi connectivity index (χ0) is 31.5. The van der Waals surface area contributed by atoms with Gasteiger partial charge in [0, 0.05) is 43.5 Å². The number of fused-ring (bicyclic) bond motifs is 2. The lowest BCUT2D eigenvalue weighted by Crippen LogP contribution is -2.55. The van der Waals surface area contributed by atoms with Crippen molar-refractivity contribution in [1.29, 1.82) is 5.26 Å². The number of anilines is 1. The van der Waals surface area contributed by atoms with Gasteiger partial charge in [0.1, 0.15) is 30.3 Å². The molecule has 2 saturated heterocycles. The number of pyridine rings is 1. The molecule has 0 unspecified atom stereocenters. The Hall–Kier alpha value is -4.69. The van der Waals surface area contributed by atoms with Crippen molar-refractivity contribution in [2.45, 2.75) is 38.3 Å². The number of hydrogen-bond acceptors (Lipinski definition) is 8. The van der Waals surface area contributed by atoms with E-state index in [1.807, 2.05) is 48.2 Å². The van der Waals surface area contributed by atoms with Crippen molar-refractivity contribution in [3.05, 3.63) is 66.1 Å². The molecule has 4 aromatic rings. The van der Waals surface area contributed by atoms with Gasteiger partial charge in [0.15, 0.2) is 5.82 Å². The van der Waals surface area contributed by atoms with E-state index in [-0.39, 0.29) is 48.7 Å². The molecule has 0 spiro atoms. The molecule has 11 heteroatoms.